The molecule has 19 heavy (non-hydrogen) atoms. The van der Waals surface area contributed by atoms with Gasteiger partial charge in [0.05, 0.1) is 5.69 Å². The Morgan fingerprint density at radius 3 is 2.58 bits per heavy atom. The van der Waals surface area contributed by atoms with Crippen LogP contribution in [0.2, 0.25) is 0 Å². The Bertz CT molecular complexity index is 590. The number of ether oxygens (including phenoxy) is 1. The summed E-state index contributed by atoms with van der Waals surface area (Å²) in [6.45, 7) is 2.90. The van der Waals surface area contributed by atoms with Crippen molar-refractivity contribution in [2.75, 3.05) is 5.73 Å². The average Bonchev–Trinajstić information content (AvgIpc) is 2.70. The van der Waals surface area contributed by atoms with Crippen molar-refractivity contribution >= 4 is 11.8 Å². The molecule has 3 N–H and O–H groups in total. The third kappa shape index (κ3) is 2.67. The van der Waals surface area contributed by atoms with E-state index >= 15 is 0 Å². The standard InChI is InChI=1S/C13H15N3O3/c1-13(2,12(17)18)19-11-8-10(14)16(15-11)9-6-4-3-5-7-9/h3-8H,14H2,1-2H3,(H,17,18). The molecule has 1 aromatic heterocycles. The minimum atomic E-state index is -1.36. The Balaban J connectivity index is 2.30. The average molecular weight is 261 g/mol. The lowest BCUT2D eigenvalue weighted by atomic mass is 10.1. The zero-order valence-electron chi connectivity index (χ0n) is 10.7. The van der Waals surface area contributed by atoms with Crippen LogP contribution in [0.1, 0.15) is 13.8 Å². The Morgan fingerprint density at radius 1 is 1.37 bits per heavy atom. The van der Waals surface area contributed by atoms with Gasteiger partial charge in [-0.1, -0.05) is 18.2 Å². The van der Waals surface area contributed by atoms with Crippen LogP contribution in [-0.4, -0.2) is 26.5 Å². The van der Waals surface area contributed by atoms with Crippen molar-refractivity contribution in [1.82, 2.24) is 9.78 Å². The summed E-state index contributed by atoms with van der Waals surface area (Å²) in [5.74, 6) is -0.517. The Morgan fingerprint density at radius 2 is 2.00 bits per heavy atom. The number of carbonyl (C=O) groups is 1. The number of hydrogen-bond acceptors (Lipinski definition) is 4. The van der Waals surface area contributed by atoms with Crippen LogP contribution < -0.4 is 10.5 Å². The van der Waals surface area contributed by atoms with Gasteiger partial charge >= 0.3 is 5.97 Å². The van der Waals surface area contributed by atoms with Gasteiger partial charge in [-0.15, -0.1) is 5.10 Å². The Labute approximate surface area is 110 Å². The zero-order valence-corrected chi connectivity index (χ0v) is 10.7. The van der Waals surface area contributed by atoms with Gasteiger partial charge in [0.1, 0.15) is 5.82 Å². The van der Waals surface area contributed by atoms with Gasteiger partial charge in [0.15, 0.2) is 0 Å². The molecule has 6 heteroatoms. The first-order chi connectivity index (χ1) is 8.90. The van der Waals surface area contributed by atoms with Gasteiger partial charge in [0, 0.05) is 6.07 Å². The highest BCUT2D eigenvalue weighted by Gasteiger charge is 2.30. The van der Waals surface area contributed by atoms with Crippen molar-refractivity contribution in [1.29, 1.82) is 0 Å². The highest BCUT2D eigenvalue weighted by atomic mass is 16.5. The first kappa shape index (κ1) is 12.9. The predicted octanol–water partition coefficient (Wildman–Crippen LogP) is 1.70. The number of nitrogens with zero attached hydrogens (tertiary/aromatic N) is 2. The van der Waals surface area contributed by atoms with Crippen molar-refractivity contribution in [3.8, 4) is 11.6 Å². The normalized spacial score (nSPS) is 11.3. The third-order valence-electron chi connectivity index (χ3n) is 2.59. The Kier molecular flexibility index (Phi) is 3.16. The highest BCUT2D eigenvalue weighted by molar-refractivity contribution is 5.76. The van der Waals surface area contributed by atoms with Crippen molar-refractivity contribution in [2.45, 2.75) is 19.4 Å². The molecule has 0 unspecified atom stereocenters. The smallest absolute Gasteiger partial charge is 0.347 e. The molecule has 1 heterocycles. The number of hydrogen-bond donors (Lipinski definition) is 2. The molecule has 100 valence electrons. The van der Waals surface area contributed by atoms with Crippen LogP contribution in [-0.2, 0) is 4.79 Å². The highest BCUT2D eigenvalue weighted by Crippen LogP contribution is 2.22. The first-order valence-corrected chi connectivity index (χ1v) is 5.73. The Hall–Kier alpha value is -2.50. The number of anilines is 1. The number of aliphatic carboxylic acids is 1. The lowest BCUT2D eigenvalue weighted by Gasteiger charge is -2.19. The van der Waals surface area contributed by atoms with E-state index in [4.69, 9.17) is 15.6 Å². The maximum Gasteiger partial charge on any atom is 0.347 e. The molecule has 0 saturated heterocycles. The molecule has 0 bridgehead atoms. The number of benzene rings is 1. The number of rotatable bonds is 4. The van der Waals surface area contributed by atoms with Crippen molar-refractivity contribution in [2.24, 2.45) is 0 Å². The molecule has 1 aromatic carbocycles. The number of carboxylic acids is 1. The quantitative estimate of drug-likeness (QED) is 0.874. The summed E-state index contributed by atoms with van der Waals surface area (Å²) < 4.78 is 6.83. The lowest BCUT2D eigenvalue weighted by molar-refractivity contribution is -0.152. The topological polar surface area (TPSA) is 90.4 Å². The van der Waals surface area contributed by atoms with Crippen molar-refractivity contribution in [3.63, 3.8) is 0 Å². The van der Waals surface area contributed by atoms with E-state index in [0.29, 0.717) is 5.82 Å². The van der Waals surface area contributed by atoms with Gasteiger partial charge in [-0.25, -0.2) is 9.48 Å². The van der Waals surface area contributed by atoms with Gasteiger partial charge in [-0.05, 0) is 26.0 Å². The second-order valence-electron chi connectivity index (χ2n) is 4.57. The van der Waals surface area contributed by atoms with E-state index in [0.717, 1.165) is 5.69 Å². The molecule has 0 aliphatic heterocycles. The number of aromatic nitrogens is 2. The summed E-state index contributed by atoms with van der Waals surface area (Å²) in [4.78, 5) is 11.0. The first-order valence-electron chi connectivity index (χ1n) is 5.73. The van der Waals surface area contributed by atoms with Gasteiger partial charge in [-0.2, -0.15) is 0 Å². The molecule has 0 spiro atoms. The molecule has 0 aliphatic rings. The van der Waals surface area contributed by atoms with Crippen molar-refractivity contribution in [3.05, 3.63) is 36.4 Å². The molecule has 0 fully saturated rings. The van der Waals surface area contributed by atoms with Crippen molar-refractivity contribution < 1.29 is 14.6 Å². The second kappa shape index (κ2) is 4.64. The molecular weight excluding hydrogens is 246 g/mol. The summed E-state index contributed by atoms with van der Waals surface area (Å²) in [6.07, 6.45) is 0. The summed E-state index contributed by atoms with van der Waals surface area (Å²) in [5, 5.41) is 13.2. The fourth-order valence-electron chi connectivity index (χ4n) is 1.50. The SMILES string of the molecule is CC(C)(Oc1cc(N)n(-c2ccccc2)n1)C(=O)O. The number of nitrogen functional groups attached to an aromatic ring is 1. The summed E-state index contributed by atoms with van der Waals surface area (Å²) >= 11 is 0. The van der Waals surface area contributed by atoms with Gasteiger partial charge in [-0.3, -0.25) is 0 Å². The van der Waals surface area contributed by atoms with Crippen LogP contribution in [0.5, 0.6) is 5.88 Å². The van der Waals surface area contributed by atoms with E-state index in [1.54, 1.807) is 0 Å². The van der Waals surface area contributed by atoms with Crippen LogP contribution in [0.15, 0.2) is 36.4 Å². The summed E-state index contributed by atoms with van der Waals surface area (Å²) in [6, 6.07) is 10.8. The van der Waals surface area contributed by atoms with Crippen LogP contribution in [0, 0.1) is 0 Å². The number of nitrogens with two attached hydrogens (primary N) is 1. The van der Waals surface area contributed by atoms with E-state index in [9.17, 15) is 4.79 Å². The summed E-state index contributed by atoms with van der Waals surface area (Å²) in [7, 11) is 0. The van der Waals surface area contributed by atoms with Crippen LogP contribution in [0.4, 0.5) is 5.82 Å². The van der Waals surface area contributed by atoms with E-state index in [-0.39, 0.29) is 5.88 Å². The van der Waals surface area contributed by atoms with E-state index in [1.165, 1.54) is 24.6 Å². The molecule has 0 aliphatic carbocycles. The maximum atomic E-state index is 11.0. The molecule has 0 saturated carbocycles. The van der Waals surface area contributed by atoms with Crippen LogP contribution >= 0.6 is 0 Å². The molecule has 2 rings (SSSR count). The van der Waals surface area contributed by atoms with E-state index in [2.05, 4.69) is 5.10 Å². The number of carboxylic acid groups (broad SMARTS) is 1. The molecular formula is C13H15N3O3. The zero-order chi connectivity index (χ0) is 14.0. The largest absolute Gasteiger partial charge is 0.478 e. The number of para-hydroxylation sites is 1. The fourth-order valence-corrected chi connectivity index (χ4v) is 1.50. The van der Waals surface area contributed by atoms with Crippen LogP contribution in [0.25, 0.3) is 5.69 Å². The van der Waals surface area contributed by atoms with Crippen LogP contribution in [0.3, 0.4) is 0 Å². The molecule has 0 radical (unpaired) electrons. The van der Waals surface area contributed by atoms with E-state index in [1.807, 2.05) is 30.3 Å². The lowest BCUT2D eigenvalue weighted by Crippen LogP contribution is -2.38. The van der Waals surface area contributed by atoms with Gasteiger partial charge in [0.2, 0.25) is 11.5 Å². The minimum absolute atomic E-state index is 0.175. The molecule has 0 atom stereocenters. The molecule has 2 aromatic rings. The summed E-state index contributed by atoms with van der Waals surface area (Å²) in [5.41, 5.74) is 5.26. The maximum absolute atomic E-state index is 11.0. The van der Waals surface area contributed by atoms with E-state index < -0.39 is 11.6 Å². The third-order valence-corrected chi connectivity index (χ3v) is 2.59. The van der Waals surface area contributed by atoms with Gasteiger partial charge < -0.3 is 15.6 Å². The minimum Gasteiger partial charge on any atom is -0.478 e. The molecule has 6 nitrogen and oxygen atoms in total. The fraction of sp³-hybridized carbons (Fsp3) is 0.231. The predicted molar refractivity (Wildman–Crippen MR) is 70.3 cm³/mol. The monoisotopic (exact) mass is 261 g/mol. The van der Waals surface area contributed by atoms with Gasteiger partial charge in [0.25, 0.3) is 0 Å². The second-order valence-corrected chi connectivity index (χ2v) is 4.57. The molecule has 0 amide bonds.